The van der Waals surface area contributed by atoms with Gasteiger partial charge >= 0.3 is 0 Å². The third kappa shape index (κ3) is 3.25. The van der Waals surface area contributed by atoms with Gasteiger partial charge in [-0.15, -0.1) is 0 Å². The zero-order chi connectivity index (χ0) is 20.5. The van der Waals surface area contributed by atoms with E-state index in [-0.39, 0.29) is 27.9 Å². The van der Waals surface area contributed by atoms with Gasteiger partial charge in [-0.25, -0.2) is 0 Å². The Kier molecular flexibility index (Phi) is 4.60. The van der Waals surface area contributed by atoms with Gasteiger partial charge in [-0.2, -0.15) is 0 Å². The number of benzene rings is 3. The maximum Gasteiger partial charge on any atom is 0.197 e. The van der Waals surface area contributed by atoms with Crippen LogP contribution in [-0.4, -0.2) is 24.4 Å². The van der Waals surface area contributed by atoms with E-state index in [4.69, 9.17) is 13.9 Å². The van der Waals surface area contributed by atoms with Crippen LogP contribution in [0.4, 0.5) is 0 Å². The summed E-state index contributed by atoms with van der Waals surface area (Å²) in [6.45, 7) is 0. The van der Waals surface area contributed by atoms with Gasteiger partial charge in [0.2, 0.25) is 0 Å². The molecule has 3 aromatic carbocycles. The Labute approximate surface area is 166 Å². The molecule has 2 N–H and O–H groups in total. The highest BCUT2D eigenvalue weighted by atomic mass is 16.5. The van der Waals surface area contributed by atoms with E-state index in [0.29, 0.717) is 28.4 Å². The average molecular weight is 390 g/mol. The number of fused-ring (bicyclic) bond motifs is 1. The first-order chi connectivity index (χ1) is 14.0. The summed E-state index contributed by atoms with van der Waals surface area (Å²) >= 11 is 0. The van der Waals surface area contributed by atoms with Gasteiger partial charge in [0, 0.05) is 17.7 Å². The summed E-state index contributed by atoms with van der Waals surface area (Å²) in [7, 11) is 3.06. The summed E-state index contributed by atoms with van der Waals surface area (Å²) in [6, 6.07) is 16.2. The Morgan fingerprint density at radius 2 is 1.48 bits per heavy atom. The highest BCUT2D eigenvalue weighted by Crippen LogP contribution is 2.42. The van der Waals surface area contributed by atoms with Gasteiger partial charge in [-0.1, -0.05) is 12.1 Å². The maximum atomic E-state index is 12.8. The predicted octanol–water partition coefficient (Wildman–Crippen LogP) is 4.56. The van der Waals surface area contributed by atoms with Gasteiger partial charge in [-0.3, -0.25) is 4.79 Å². The van der Waals surface area contributed by atoms with Crippen molar-refractivity contribution in [1.82, 2.24) is 0 Å². The molecule has 0 spiro atoms. The molecule has 1 aromatic heterocycles. The molecule has 6 nitrogen and oxygen atoms in total. The highest BCUT2D eigenvalue weighted by Gasteiger charge is 2.20. The van der Waals surface area contributed by atoms with E-state index in [2.05, 4.69) is 0 Å². The smallest absolute Gasteiger partial charge is 0.197 e. The average Bonchev–Trinajstić information content (AvgIpc) is 2.73. The number of hydrogen-bond donors (Lipinski definition) is 2. The SMILES string of the molecule is COc1ccc(-c2c(OC)cc(O)c3c(=O)cc(-c4ccc(O)cc4)oc23)cc1. The van der Waals surface area contributed by atoms with Crippen LogP contribution in [0.3, 0.4) is 0 Å². The van der Waals surface area contributed by atoms with E-state index in [9.17, 15) is 15.0 Å². The summed E-state index contributed by atoms with van der Waals surface area (Å²) in [5, 5.41) is 20.0. The van der Waals surface area contributed by atoms with E-state index in [0.717, 1.165) is 5.56 Å². The molecular weight excluding hydrogens is 372 g/mol. The lowest BCUT2D eigenvalue weighted by atomic mass is 10.00. The molecule has 0 bridgehead atoms. The van der Waals surface area contributed by atoms with E-state index < -0.39 is 0 Å². The van der Waals surface area contributed by atoms with Crippen molar-refractivity contribution in [2.75, 3.05) is 14.2 Å². The fraction of sp³-hybridized carbons (Fsp3) is 0.0870. The maximum absolute atomic E-state index is 12.8. The standard InChI is InChI=1S/C23H18O6/c1-27-16-9-5-14(6-10-16)21-20(28-2)12-18(26)22-17(25)11-19(29-23(21)22)13-3-7-15(24)8-4-13/h3-12,24,26H,1-2H3. The summed E-state index contributed by atoms with van der Waals surface area (Å²) in [5.74, 6) is 1.24. The van der Waals surface area contributed by atoms with Crippen LogP contribution in [0.25, 0.3) is 33.4 Å². The second-order valence-electron chi connectivity index (χ2n) is 6.43. The van der Waals surface area contributed by atoms with Gasteiger partial charge in [0.25, 0.3) is 0 Å². The molecule has 0 saturated heterocycles. The molecule has 29 heavy (non-hydrogen) atoms. The van der Waals surface area contributed by atoms with Crippen LogP contribution in [0.1, 0.15) is 0 Å². The van der Waals surface area contributed by atoms with E-state index in [1.54, 1.807) is 31.4 Å². The topological polar surface area (TPSA) is 89.1 Å². The molecule has 0 amide bonds. The van der Waals surface area contributed by atoms with Crippen LogP contribution >= 0.6 is 0 Å². The molecule has 0 atom stereocenters. The van der Waals surface area contributed by atoms with Crippen LogP contribution in [0.15, 0.2) is 69.9 Å². The molecule has 0 aliphatic carbocycles. The zero-order valence-corrected chi connectivity index (χ0v) is 15.8. The minimum absolute atomic E-state index is 0.0687. The fourth-order valence-corrected chi connectivity index (χ4v) is 3.25. The first-order valence-electron chi connectivity index (χ1n) is 8.83. The summed E-state index contributed by atoms with van der Waals surface area (Å²) in [5.41, 5.74) is 1.72. The van der Waals surface area contributed by atoms with E-state index in [1.807, 2.05) is 12.1 Å². The molecule has 0 saturated carbocycles. The molecule has 0 unspecified atom stereocenters. The summed E-state index contributed by atoms with van der Waals surface area (Å²) < 4.78 is 16.8. The van der Waals surface area contributed by atoms with Crippen molar-refractivity contribution in [3.8, 4) is 45.4 Å². The molecule has 4 rings (SSSR count). The van der Waals surface area contributed by atoms with Gasteiger partial charge in [-0.05, 0) is 42.0 Å². The molecular formula is C23H18O6. The Morgan fingerprint density at radius 3 is 2.10 bits per heavy atom. The van der Waals surface area contributed by atoms with Crippen LogP contribution < -0.4 is 14.9 Å². The first-order valence-corrected chi connectivity index (χ1v) is 8.83. The third-order valence-corrected chi connectivity index (χ3v) is 4.70. The Balaban J connectivity index is 2.05. The van der Waals surface area contributed by atoms with Crippen molar-refractivity contribution in [2.24, 2.45) is 0 Å². The largest absolute Gasteiger partial charge is 0.508 e. The number of ether oxygens (including phenoxy) is 2. The molecule has 146 valence electrons. The predicted molar refractivity (Wildman–Crippen MR) is 110 cm³/mol. The second kappa shape index (κ2) is 7.24. The number of rotatable bonds is 4. The second-order valence-corrected chi connectivity index (χ2v) is 6.43. The van der Waals surface area contributed by atoms with Crippen molar-refractivity contribution in [1.29, 1.82) is 0 Å². The van der Waals surface area contributed by atoms with Crippen molar-refractivity contribution < 1.29 is 24.1 Å². The minimum Gasteiger partial charge on any atom is -0.508 e. The lowest BCUT2D eigenvalue weighted by Gasteiger charge is -2.14. The van der Waals surface area contributed by atoms with Crippen LogP contribution in [0.5, 0.6) is 23.0 Å². The number of phenolic OH excluding ortho intramolecular Hbond substituents is 2. The quantitative estimate of drug-likeness (QED) is 0.531. The van der Waals surface area contributed by atoms with Gasteiger partial charge < -0.3 is 24.1 Å². The van der Waals surface area contributed by atoms with Crippen molar-refractivity contribution in [3.05, 3.63) is 70.9 Å². The molecule has 6 heteroatoms. The van der Waals surface area contributed by atoms with Crippen molar-refractivity contribution >= 4 is 11.0 Å². The van der Waals surface area contributed by atoms with Crippen LogP contribution in [0.2, 0.25) is 0 Å². The highest BCUT2D eigenvalue weighted by molar-refractivity contribution is 5.99. The monoisotopic (exact) mass is 390 g/mol. The molecule has 0 radical (unpaired) electrons. The van der Waals surface area contributed by atoms with E-state index in [1.165, 1.54) is 31.4 Å². The number of phenols is 2. The van der Waals surface area contributed by atoms with Crippen LogP contribution in [-0.2, 0) is 0 Å². The molecule has 0 fully saturated rings. The summed E-state index contributed by atoms with van der Waals surface area (Å²) in [4.78, 5) is 12.8. The van der Waals surface area contributed by atoms with Crippen LogP contribution in [0, 0.1) is 0 Å². The normalized spacial score (nSPS) is 10.8. The van der Waals surface area contributed by atoms with Crippen molar-refractivity contribution in [2.45, 2.75) is 0 Å². The molecule has 0 aliphatic rings. The lowest BCUT2D eigenvalue weighted by molar-refractivity contribution is 0.409. The summed E-state index contributed by atoms with van der Waals surface area (Å²) in [6.07, 6.45) is 0. The van der Waals surface area contributed by atoms with Gasteiger partial charge in [0.15, 0.2) is 11.0 Å². The molecule has 0 aliphatic heterocycles. The van der Waals surface area contributed by atoms with Gasteiger partial charge in [0.05, 0.1) is 19.8 Å². The third-order valence-electron chi connectivity index (χ3n) is 4.70. The number of methoxy groups -OCH3 is 2. The van der Waals surface area contributed by atoms with Crippen molar-refractivity contribution in [3.63, 3.8) is 0 Å². The van der Waals surface area contributed by atoms with Gasteiger partial charge in [0.1, 0.15) is 34.1 Å². The molecule has 4 aromatic rings. The Morgan fingerprint density at radius 1 is 0.828 bits per heavy atom. The van der Waals surface area contributed by atoms with E-state index >= 15 is 0 Å². The fourth-order valence-electron chi connectivity index (χ4n) is 3.25. The Hall–Kier alpha value is -3.93. The minimum atomic E-state index is -0.385. The zero-order valence-electron chi connectivity index (χ0n) is 15.8. The first kappa shape index (κ1) is 18.4. The molecule has 1 heterocycles. The number of hydrogen-bond acceptors (Lipinski definition) is 6. The lowest BCUT2D eigenvalue weighted by Crippen LogP contribution is -2.03. The Bertz CT molecular complexity index is 1240. The number of aromatic hydroxyl groups is 2.